The Labute approximate surface area is 152 Å². The molecule has 1 aromatic rings. The summed E-state index contributed by atoms with van der Waals surface area (Å²) >= 11 is 0. The van der Waals surface area contributed by atoms with Crippen molar-refractivity contribution in [3.8, 4) is 0 Å². The molecule has 1 heterocycles. The zero-order valence-electron chi connectivity index (χ0n) is 15.9. The van der Waals surface area contributed by atoms with Crippen LogP contribution in [0.1, 0.15) is 57.6 Å². The molecule has 0 bridgehead atoms. The van der Waals surface area contributed by atoms with Gasteiger partial charge in [0.05, 0.1) is 11.2 Å². The number of piperidine rings is 1. The van der Waals surface area contributed by atoms with Crippen molar-refractivity contribution in [3.63, 3.8) is 0 Å². The molecule has 0 aromatic heterocycles. The Hall–Kier alpha value is -1.36. The molecule has 0 aliphatic carbocycles. The summed E-state index contributed by atoms with van der Waals surface area (Å²) < 4.78 is 24.0. The van der Waals surface area contributed by atoms with Crippen molar-refractivity contribution in [3.05, 3.63) is 35.4 Å². The summed E-state index contributed by atoms with van der Waals surface area (Å²) in [6.45, 7) is 9.10. The molecule has 1 fully saturated rings. The second kappa shape index (κ2) is 8.35. The van der Waals surface area contributed by atoms with E-state index >= 15 is 0 Å². The molecule has 4 nitrogen and oxygen atoms in total. The molecule has 1 aromatic carbocycles. The SMILES string of the molecule is CCS(=O)(=O)C1CCN(C(=O)C(C)c2cccc(CC(C)C)c2)CC1. The number of amides is 1. The summed E-state index contributed by atoms with van der Waals surface area (Å²) in [6, 6.07) is 8.29. The van der Waals surface area contributed by atoms with Gasteiger partial charge in [-0.05, 0) is 43.2 Å². The molecule has 1 unspecified atom stereocenters. The van der Waals surface area contributed by atoms with Crippen molar-refractivity contribution in [2.24, 2.45) is 5.92 Å². The molecule has 0 saturated carbocycles. The summed E-state index contributed by atoms with van der Waals surface area (Å²) in [5, 5.41) is -0.286. The second-order valence-corrected chi connectivity index (χ2v) is 10.1. The number of rotatable bonds is 6. The Morgan fingerprint density at radius 3 is 2.40 bits per heavy atom. The highest BCUT2D eigenvalue weighted by molar-refractivity contribution is 7.92. The fraction of sp³-hybridized carbons (Fsp3) is 0.650. The van der Waals surface area contributed by atoms with Crippen LogP contribution in [0.2, 0.25) is 0 Å². The normalized spacial score (nSPS) is 17.7. The topological polar surface area (TPSA) is 54.5 Å². The third-order valence-corrected chi connectivity index (χ3v) is 7.42. The van der Waals surface area contributed by atoms with Crippen LogP contribution >= 0.6 is 0 Å². The smallest absolute Gasteiger partial charge is 0.229 e. The quantitative estimate of drug-likeness (QED) is 0.776. The molecular weight excluding hydrogens is 334 g/mol. The number of carbonyl (C=O) groups is 1. The summed E-state index contributed by atoms with van der Waals surface area (Å²) in [4.78, 5) is 14.7. The molecular formula is C20H31NO3S. The highest BCUT2D eigenvalue weighted by Gasteiger charge is 2.32. The van der Waals surface area contributed by atoms with Crippen molar-refractivity contribution in [2.75, 3.05) is 18.8 Å². The average molecular weight is 366 g/mol. The molecule has 0 spiro atoms. The molecule has 0 radical (unpaired) electrons. The van der Waals surface area contributed by atoms with Gasteiger partial charge in [-0.15, -0.1) is 0 Å². The van der Waals surface area contributed by atoms with Crippen LogP contribution in [0.3, 0.4) is 0 Å². The van der Waals surface area contributed by atoms with Crippen molar-refractivity contribution in [1.82, 2.24) is 4.90 Å². The minimum Gasteiger partial charge on any atom is -0.342 e. The molecule has 140 valence electrons. The third kappa shape index (κ3) is 5.06. The molecule has 1 aliphatic rings. The first-order valence-electron chi connectivity index (χ1n) is 9.33. The Bertz CT molecular complexity index is 689. The van der Waals surface area contributed by atoms with E-state index in [1.54, 1.807) is 6.92 Å². The molecule has 2 rings (SSSR count). The van der Waals surface area contributed by atoms with Gasteiger partial charge in [0.25, 0.3) is 0 Å². The first kappa shape index (κ1) is 20.0. The van der Waals surface area contributed by atoms with E-state index in [2.05, 4.69) is 26.0 Å². The largest absolute Gasteiger partial charge is 0.342 e. The molecule has 5 heteroatoms. The molecule has 1 saturated heterocycles. The predicted octanol–water partition coefficient (Wildman–Crippen LogP) is 3.41. The fourth-order valence-electron chi connectivity index (χ4n) is 3.55. The van der Waals surface area contributed by atoms with E-state index in [0.29, 0.717) is 31.8 Å². The molecule has 25 heavy (non-hydrogen) atoms. The summed E-state index contributed by atoms with van der Waals surface area (Å²) in [5.41, 5.74) is 2.31. The van der Waals surface area contributed by atoms with E-state index in [9.17, 15) is 13.2 Å². The number of carbonyl (C=O) groups excluding carboxylic acids is 1. The summed E-state index contributed by atoms with van der Waals surface area (Å²) in [7, 11) is -3.00. The highest BCUT2D eigenvalue weighted by atomic mass is 32.2. The van der Waals surface area contributed by atoms with Gasteiger partial charge in [-0.1, -0.05) is 45.0 Å². The standard InChI is InChI=1S/C20H31NO3S/c1-5-25(23,24)19-9-11-21(12-10-19)20(22)16(4)18-8-6-7-17(14-18)13-15(2)3/h6-8,14-16,19H,5,9-13H2,1-4H3. The molecule has 1 aliphatic heterocycles. The lowest BCUT2D eigenvalue weighted by molar-refractivity contribution is -0.133. The van der Waals surface area contributed by atoms with Gasteiger partial charge in [0.1, 0.15) is 0 Å². The number of hydrogen-bond donors (Lipinski definition) is 0. The van der Waals surface area contributed by atoms with E-state index in [0.717, 1.165) is 12.0 Å². The molecule has 1 amide bonds. The van der Waals surface area contributed by atoms with E-state index in [1.807, 2.05) is 24.0 Å². The lowest BCUT2D eigenvalue weighted by Gasteiger charge is -2.33. The maximum Gasteiger partial charge on any atom is 0.229 e. The Morgan fingerprint density at radius 1 is 1.20 bits per heavy atom. The molecule has 1 atom stereocenters. The minimum absolute atomic E-state index is 0.106. The lowest BCUT2D eigenvalue weighted by Crippen LogP contribution is -2.44. The Kier molecular flexibility index (Phi) is 6.66. The Morgan fingerprint density at radius 2 is 1.84 bits per heavy atom. The van der Waals surface area contributed by atoms with Crippen molar-refractivity contribution >= 4 is 15.7 Å². The number of likely N-dealkylation sites (tertiary alicyclic amines) is 1. The lowest BCUT2D eigenvalue weighted by atomic mass is 9.94. The van der Waals surface area contributed by atoms with Crippen LogP contribution in [0.4, 0.5) is 0 Å². The highest BCUT2D eigenvalue weighted by Crippen LogP contribution is 2.24. The first-order chi connectivity index (χ1) is 11.7. The zero-order valence-corrected chi connectivity index (χ0v) is 16.7. The fourth-order valence-corrected chi connectivity index (χ4v) is 4.95. The summed E-state index contributed by atoms with van der Waals surface area (Å²) in [5.74, 6) is 0.686. The Balaban J connectivity index is 2.02. The number of benzene rings is 1. The first-order valence-corrected chi connectivity index (χ1v) is 11.0. The van der Waals surface area contributed by atoms with Crippen LogP contribution in [0, 0.1) is 5.92 Å². The van der Waals surface area contributed by atoms with Crippen LogP contribution in [0.15, 0.2) is 24.3 Å². The van der Waals surface area contributed by atoms with Gasteiger partial charge >= 0.3 is 0 Å². The van der Waals surface area contributed by atoms with Crippen LogP contribution in [-0.2, 0) is 21.1 Å². The molecule has 0 N–H and O–H groups in total. The third-order valence-electron chi connectivity index (χ3n) is 5.13. The van der Waals surface area contributed by atoms with E-state index < -0.39 is 9.84 Å². The monoisotopic (exact) mass is 365 g/mol. The van der Waals surface area contributed by atoms with Crippen molar-refractivity contribution in [2.45, 2.75) is 58.1 Å². The number of hydrogen-bond acceptors (Lipinski definition) is 3. The van der Waals surface area contributed by atoms with Crippen LogP contribution in [0.25, 0.3) is 0 Å². The predicted molar refractivity (Wildman–Crippen MR) is 102 cm³/mol. The maximum atomic E-state index is 12.8. The summed E-state index contributed by atoms with van der Waals surface area (Å²) in [6.07, 6.45) is 2.12. The number of sulfone groups is 1. The minimum atomic E-state index is -3.00. The van der Waals surface area contributed by atoms with Crippen LogP contribution in [-0.4, -0.2) is 43.3 Å². The zero-order chi connectivity index (χ0) is 18.6. The van der Waals surface area contributed by atoms with Gasteiger partial charge in [-0.3, -0.25) is 4.79 Å². The number of nitrogens with zero attached hydrogens (tertiary/aromatic N) is 1. The van der Waals surface area contributed by atoms with Gasteiger partial charge in [-0.25, -0.2) is 8.42 Å². The van der Waals surface area contributed by atoms with Crippen molar-refractivity contribution < 1.29 is 13.2 Å². The van der Waals surface area contributed by atoms with Crippen LogP contribution in [0.5, 0.6) is 0 Å². The van der Waals surface area contributed by atoms with Gasteiger partial charge in [0.2, 0.25) is 5.91 Å². The van der Waals surface area contributed by atoms with E-state index in [4.69, 9.17) is 0 Å². The van der Waals surface area contributed by atoms with E-state index in [1.165, 1.54) is 5.56 Å². The maximum absolute atomic E-state index is 12.8. The van der Waals surface area contributed by atoms with Crippen LogP contribution < -0.4 is 0 Å². The van der Waals surface area contributed by atoms with Gasteiger partial charge in [0, 0.05) is 18.8 Å². The van der Waals surface area contributed by atoms with Gasteiger partial charge in [-0.2, -0.15) is 0 Å². The van der Waals surface area contributed by atoms with Gasteiger partial charge < -0.3 is 4.90 Å². The van der Waals surface area contributed by atoms with Crippen molar-refractivity contribution in [1.29, 1.82) is 0 Å². The van der Waals surface area contributed by atoms with E-state index in [-0.39, 0.29) is 22.8 Å². The average Bonchev–Trinajstić information content (AvgIpc) is 2.60. The van der Waals surface area contributed by atoms with Gasteiger partial charge in [0.15, 0.2) is 9.84 Å². The second-order valence-electron chi connectivity index (χ2n) is 7.54.